The first-order valence-electron chi connectivity index (χ1n) is 4.46. The molecule has 80 valence electrons. The number of aliphatic hydroxyl groups is 2. The highest BCUT2D eigenvalue weighted by Gasteiger charge is 2.27. The van der Waals surface area contributed by atoms with E-state index in [1.807, 2.05) is 6.07 Å². The topological polar surface area (TPSA) is 93.4 Å². The van der Waals surface area contributed by atoms with Crippen LogP contribution in [0.25, 0.3) is 0 Å². The summed E-state index contributed by atoms with van der Waals surface area (Å²) in [6.07, 6.45) is 0.412. The van der Waals surface area contributed by atoms with Crippen LogP contribution in [0.2, 0.25) is 0 Å². The molecule has 0 aliphatic heterocycles. The van der Waals surface area contributed by atoms with Crippen LogP contribution in [-0.2, 0) is 4.79 Å². The minimum absolute atomic E-state index is 0.364. The number of hydrogen-bond acceptors (Lipinski definition) is 4. The standard InChI is InChI=1S/C9H16N2O3/c1-3-7(4-10)8(14)11-9(2,5-12)6-13/h7,12-13H,3,5-6H2,1-2H3,(H,11,14). The van der Waals surface area contributed by atoms with Crippen LogP contribution in [0.1, 0.15) is 20.3 Å². The fraction of sp³-hybridized carbons (Fsp3) is 0.778. The van der Waals surface area contributed by atoms with Crippen LogP contribution in [0.4, 0.5) is 0 Å². The quantitative estimate of drug-likeness (QED) is 0.552. The van der Waals surface area contributed by atoms with Crippen LogP contribution in [-0.4, -0.2) is 34.9 Å². The third-order valence-corrected chi connectivity index (χ3v) is 2.00. The lowest BCUT2D eigenvalue weighted by atomic mass is 10.0. The van der Waals surface area contributed by atoms with E-state index in [9.17, 15) is 4.79 Å². The normalized spacial score (nSPS) is 13.1. The Hall–Kier alpha value is -1.12. The van der Waals surface area contributed by atoms with Crippen molar-refractivity contribution in [1.29, 1.82) is 5.26 Å². The molecule has 0 spiro atoms. The lowest BCUT2D eigenvalue weighted by molar-refractivity contribution is -0.126. The van der Waals surface area contributed by atoms with Crippen molar-refractivity contribution in [3.8, 4) is 6.07 Å². The van der Waals surface area contributed by atoms with Gasteiger partial charge in [0, 0.05) is 0 Å². The third-order valence-electron chi connectivity index (χ3n) is 2.00. The second-order valence-electron chi connectivity index (χ2n) is 3.46. The van der Waals surface area contributed by atoms with Crippen LogP contribution < -0.4 is 5.32 Å². The molecule has 0 aliphatic carbocycles. The summed E-state index contributed by atoms with van der Waals surface area (Å²) in [5, 5.41) is 28.8. The monoisotopic (exact) mass is 200 g/mol. The molecule has 0 rings (SSSR count). The number of aliphatic hydroxyl groups excluding tert-OH is 2. The zero-order chi connectivity index (χ0) is 11.2. The van der Waals surface area contributed by atoms with Crippen LogP contribution >= 0.6 is 0 Å². The zero-order valence-corrected chi connectivity index (χ0v) is 8.45. The Morgan fingerprint density at radius 2 is 2.07 bits per heavy atom. The minimum atomic E-state index is -1.05. The van der Waals surface area contributed by atoms with E-state index in [1.54, 1.807) is 6.92 Å². The van der Waals surface area contributed by atoms with Crippen molar-refractivity contribution in [2.75, 3.05) is 13.2 Å². The Morgan fingerprint density at radius 3 is 2.36 bits per heavy atom. The van der Waals surface area contributed by atoms with Crippen LogP contribution in [0.3, 0.4) is 0 Å². The van der Waals surface area contributed by atoms with Gasteiger partial charge in [-0.2, -0.15) is 5.26 Å². The lowest BCUT2D eigenvalue weighted by Crippen LogP contribution is -2.53. The third kappa shape index (κ3) is 3.32. The molecule has 0 aromatic rings. The van der Waals surface area contributed by atoms with Gasteiger partial charge < -0.3 is 15.5 Å². The summed E-state index contributed by atoms with van der Waals surface area (Å²) in [7, 11) is 0. The summed E-state index contributed by atoms with van der Waals surface area (Å²) in [5.74, 6) is -1.19. The van der Waals surface area contributed by atoms with Crippen molar-refractivity contribution >= 4 is 5.91 Å². The van der Waals surface area contributed by atoms with Crippen molar-refractivity contribution in [1.82, 2.24) is 5.32 Å². The molecule has 0 aromatic heterocycles. The maximum absolute atomic E-state index is 11.4. The summed E-state index contributed by atoms with van der Waals surface area (Å²) >= 11 is 0. The van der Waals surface area contributed by atoms with E-state index in [2.05, 4.69) is 5.32 Å². The van der Waals surface area contributed by atoms with Crippen molar-refractivity contribution in [3.05, 3.63) is 0 Å². The molecule has 0 bridgehead atoms. The van der Waals surface area contributed by atoms with Crippen LogP contribution in [0.15, 0.2) is 0 Å². The number of carbonyl (C=O) groups excluding carboxylic acids is 1. The first-order chi connectivity index (χ1) is 6.52. The molecule has 0 aromatic carbocycles. The molecule has 0 aliphatic rings. The Balaban J connectivity index is 4.37. The van der Waals surface area contributed by atoms with E-state index in [1.165, 1.54) is 6.92 Å². The summed E-state index contributed by atoms with van der Waals surface area (Å²) in [4.78, 5) is 11.4. The highest BCUT2D eigenvalue weighted by molar-refractivity contribution is 5.81. The molecular formula is C9H16N2O3. The van der Waals surface area contributed by atoms with E-state index in [0.717, 1.165) is 0 Å². The van der Waals surface area contributed by atoms with Crippen molar-refractivity contribution in [2.24, 2.45) is 5.92 Å². The predicted octanol–water partition coefficient (Wildman–Crippen LogP) is -0.604. The van der Waals surface area contributed by atoms with E-state index >= 15 is 0 Å². The number of nitrogens with one attached hydrogen (secondary N) is 1. The Bertz CT molecular complexity index is 231. The zero-order valence-electron chi connectivity index (χ0n) is 8.45. The van der Waals surface area contributed by atoms with Gasteiger partial charge >= 0.3 is 0 Å². The van der Waals surface area contributed by atoms with Gasteiger partial charge in [-0.1, -0.05) is 6.92 Å². The van der Waals surface area contributed by atoms with Crippen molar-refractivity contribution < 1.29 is 15.0 Å². The van der Waals surface area contributed by atoms with Crippen molar-refractivity contribution in [2.45, 2.75) is 25.8 Å². The molecule has 5 heteroatoms. The number of nitriles is 1. The average Bonchev–Trinajstić information content (AvgIpc) is 2.19. The lowest BCUT2D eigenvalue weighted by Gasteiger charge is -2.27. The highest BCUT2D eigenvalue weighted by atomic mass is 16.3. The number of amides is 1. The van der Waals surface area contributed by atoms with Gasteiger partial charge in [-0.15, -0.1) is 0 Å². The van der Waals surface area contributed by atoms with Crippen molar-refractivity contribution in [3.63, 3.8) is 0 Å². The minimum Gasteiger partial charge on any atom is -0.394 e. The van der Waals surface area contributed by atoms with Gasteiger partial charge in [0.25, 0.3) is 0 Å². The molecule has 1 amide bonds. The molecular weight excluding hydrogens is 184 g/mol. The van der Waals surface area contributed by atoms with Gasteiger partial charge in [0.2, 0.25) is 5.91 Å². The Labute approximate surface area is 83.4 Å². The van der Waals surface area contributed by atoms with Gasteiger partial charge in [0.15, 0.2) is 0 Å². The fourth-order valence-corrected chi connectivity index (χ4v) is 0.849. The van der Waals surface area contributed by atoms with Gasteiger partial charge in [0.05, 0.1) is 24.8 Å². The molecule has 1 unspecified atom stereocenters. The molecule has 0 heterocycles. The van der Waals surface area contributed by atoms with Gasteiger partial charge in [-0.05, 0) is 13.3 Å². The van der Waals surface area contributed by atoms with E-state index in [4.69, 9.17) is 15.5 Å². The smallest absolute Gasteiger partial charge is 0.237 e. The largest absolute Gasteiger partial charge is 0.394 e. The van der Waals surface area contributed by atoms with Crippen LogP contribution in [0.5, 0.6) is 0 Å². The summed E-state index contributed by atoms with van der Waals surface area (Å²) in [5.41, 5.74) is -1.05. The molecule has 0 saturated carbocycles. The fourth-order valence-electron chi connectivity index (χ4n) is 0.849. The average molecular weight is 200 g/mol. The number of carbonyl (C=O) groups is 1. The van der Waals surface area contributed by atoms with Gasteiger partial charge in [-0.25, -0.2) is 0 Å². The number of hydrogen-bond donors (Lipinski definition) is 3. The Kier molecular flexibility index (Phi) is 5.13. The first kappa shape index (κ1) is 12.9. The SMILES string of the molecule is CCC(C#N)C(=O)NC(C)(CO)CO. The predicted molar refractivity (Wildman–Crippen MR) is 50.1 cm³/mol. The molecule has 14 heavy (non-hydrogen) atoms. The van der Waals surface area contributed by atoms with Crippen LogP contribution in [0, 0.1) is 17.2 Å². The highest BCUT2D eigenvalue weighted by Crippen LogP contribution is 2.06. The maximum atomic E-state index is 11.4. The van der Waals surface area contributed by atoms with Gasteiger partial charge in [-0.3, -0.25) is 4.79 Å². The number of nitrogens with zero attached hydrogens (tertiary/aromatic N) is 1. The maximum Gasteiger partial charge on any atom is 0.237 e. The first-order valence-corrected chi connectivity index (χ1v) is 4.46. The van der Waals surface area contributed by atoms with Gasteiger partial charge in [0.1, 0.15) is 5.92 Å². The molecule has 0 saturated heterocycles. The molecule has 3 N–H and O–H groups in total. The second-order valence-corrected chi connectivity index (χ2v) is 3.46. The number of rotatable bonds is 5. The van der Waals surface area contributed by atoms with E-state index in [0.29, 0.717) is 6.42 Å². The summed E-state index contributed by atoms with van der Waals surface area (Å²) < 4.78 is 0. The summed E-state index contributed by atoms with van der Waals surface area (Å²) in [6.45, 7) is 2.51. The molecule has 0 fully saturated rings. The molecule has 1 atom stereocenters. The molecule has 5 nitrogen and oxygen atoms in total. The van der Waals surface area contributed by atoms with E-state index < -0.39 is 17.4 Å². The summed E-state index contributed by atoms with van der Waals surface area (Å²) in [6, 6.07) is 1.85. The second kappa shape index (κ2) is 5.58. The molecule has 0 radical (unpaired) electrons. The Morgan fingerprint density at radius 1 is 1.57 bits per heavy atom. The van der Waals surface area contributed by atoms with E-state index in [-0.39, 0.29) is 13.2 Å².